The summed E-state index contributed by atoms with van der Waals surface area (Å²) in [6.45, 7) is 6.02. The molecule has 3 heterocycles. The van der Waals surface area contributed by atoms with Crippen LogP contribution in [0.4, 0.5) is 4.79 Å². The molecule has 140 valence electrons. The number of amides is 2. The van der Waals surface area contributed by atoms with Crippen molar-refractivity contribution in [1.82, 2.24) is 20.5 Å². The molecule has 1 aliphatic rings. The summed E-state index contributed by atoms with van der Waals surface area (Å²) in [7, 11) is 0. The maximum absolute atomic E-state index is 12.1. The number of hydrogen-bond donors (Lipinski definition) is 2. The Labute approximate surface area is 153 Å². The van der Waals surface area contributed by atoms with Gasteiger partial charge in [-0.3, -0.25) is 9.88 Å². The molecule has 0 aliphatic carbocycles. The average molecular weight is 358 g/mol. The number of furan rings is 1. The topological polar surface area (TPSA) is 79.6 Å². The van der Waals surface area contributed by atoms with Gasteiger partial charge in [0.1, 0.15) is 11.5 Å². The van der Waals surface area contributed by atoms with Gasteiger partial charge in [0.15, 0.2) is 0 Å². The molecule has 2 N–H and O–H groups in total. The van der Waals surface area contributed by atoms with Gasteiger partial charge in [0, 0.05) is 44.5 Å². The second kappa shape index (κ2) is 9.35. The van der Waals surface area contributed by atoms with E-state index < -0.39 is 0 Å². The number of urea groups is 1. The molecule has 2 aromatic rings. The van der Waals surface area contributed by atoms with Gasteiger partial charge in [-0.1, -0.05) is 6.07 Å². The van der Waals surface area contributed by atoms with Gasteiger partial charge in [0.05, 0.1) is 19.3 Å². The molecule has 0 aromatic carbocycles. The van der Waals surface area contributed by atoms with Crippen LogP contribution in [0.15, 0.2) is 40.9 Å². The summed E-state index contributed by atoms with van der Waals surface area (Å²) in [6.07, 6.45) is 2.46. The van der Waals surface area contributed by atoms with Crippen LogP contribution >= 0.6 is 0 Å². The molecule has 1 aliphatic heterocycles. The monoisotopic (exact) mass is 358 g/mol. The van der Waals surface area contributed by atoms with Gasteiger partial charge in [0.25, 0.3) is 0 Å². The molecule has 0 bridgehead atoms. The Balaban J connectivity index is 1.49. The van der Waals surface area contributed by atoms with Crippen molar-refractivity contribution in [3.05, 3.63) is 53.7 Å². The van der Waals surface area contributed by atoms with Crippen LogP contribution < -0.4 is 10.6 Å². The fourth-order valence-electron chi connectivity index (χ4n) is 3.03. The van der Waals surface area contributed by atoms with Gasteiger partial charge in [-0.05, 0) is 31.2 Å². The van der Waals surface area contributed by atoms with Gasteiger partial charge in [-0.25, -0.2) is 4.79 Å². The first kappa shape index (κ1) is 18.4. The maximum Gasteiger partial charge on any atom is 0.314 e. The zero-order valence-corrected chi connectivity index (χ0v) is 15.1. The highest BCUT2D eigenvalue weighted by molar-refractivity contribution is 5.73. The highest BCUT2D eigenvalue weighted by Crippen LogP contribution is 2.23. The minimum atomic E-state index is -0.178. The van der Waals surface area contributed by atoms with Crippen molar-refractivity contribution >= 4 is 6.03 Å². The van der Waals surface area contributed by atoms with E-state index >= 15 is 0 Å². The molecule has 1 atom stereocenters. The third-order valence-corrected chi connectivity index (χ3v) is 4.42. The van der Waals surface area contributed by atoms with Crippen LogP contribution in [0.5, 0.6) is 0 Å². The highest BCUT2D eigenvalue weighted by atomic mass is 16.5. The molecule has 0 radical (unpaired) electrons. The van der Waals surface area contributed by atoms with Crippen LogP contribution in [0.3, 0.4) is 0 Å². The Morgan fingerprint density at radius 3 is 2.77 bits per heavy atom. The molecular weight excluding hydrogens is 332 g/mol. The van der Waals surface area contributed by atoms with Crippen molar-refractivity contribution in [1.29, 1.82) is 0 Å². The van der Waals surface area contributed by atoms with Gasteiger partial charge >= 0.3 is 6.03 Å². The van der Waals surface area contributed by atoms with Crippen molar-refractivity contribution in [2.75, 3.05) is 39.4 Å². The molecule has 0 spiro atoms. The fraction of sp³-hybridized carbons (Fsp3) is 0.474. The summed E-state index contributed by atoms with van der Waals surface area (Å²) in [5, 5.41) is 5.84. The lowest BCUT2D eigenvalue weighted by Crippen LogP contribution is -2.45. The number of aromatic nitrogens is 1. The van der Waals surface area contributed by atoms with E-state index in [1.165, 1.54) is 0 Å². The highest BCUT2D eigenvalue weighted by Gasteiger charge is 2.25. The zero-order valence-electron chi connectivity index (χ0n) is 15.1. The summed E-state index contributed by atoms with van der Waals surface area (Å²) >= 11 is 0. The first-order valence-electron chi connectivity index (χ1n) is 9.02. The normalized spacial score (nSPS) is 16.2. The fourth-order valence-corrected chi connectivity index (χ4v) is 3.03. The average Bonchev–Trinajstić information content (AvgIpc) is 3.10. The van der Waals surface area contributed by atoms with Crippen molar-refractivity contribution in [2.24, 2.45) is 0 Å². The third kappa shape index (κ3) is 5.31. The molecule has 1 fully saturated rings. The summed E-state index contributed by atoms with van der Waals surface area (Å²) in [6, 6.07) is 9.54. The van der Waals surface area contributed by atoms with Crippen LogP contribution in [0.25, 0.3) is 0 Å². The summed E-state index contributed by atoms with van der Waals surface area (Å²) in [5.74, 6) is 1.75. The lowest BCUT2D eigenvalue weighted by atomic mass is 10.1. The minimum absolute atomic E-state index is 0.00846. The number of rotatable bonds is 7. The van der Waals surface area contributed by atoms with Crippen LogP contribution in [0.1, 0.15) is 23.3 Å². The van der Waals surface area contributed by atoms with E-state index in [0.717, 1.165) is 30.3 Å². The Morgan fingerprint density at radius 2 is 2.08 bits per heavy atom. The summed E-state index contributed by atoms with van der Waals surface area (Å²) in [4.78, 5) is 18.7. The van der Waals surface area contributed by atoms with E-state index in [1.807, 2.05) is 37.3 Å². The largest absolute Gasteiger partial charge is 0.465 e. The molecule has 2 amide bonds. The number of ether oxygens (including phenoxy) is 1. The van der Waals surface area contributed by atoms with Gasteiger partial charge < -0.3 is 19.8 Å². The van der Waals surface area contributed by atoms with Crippen molar-refractivity contribution in [3.63, 3.8) is 0 Å². The summed E-state index contributed by atoms with van der Waals surface area (Å²) in [5.41, 5.74) is 0.963. The number of morpholine rings is 1. The second-order valence-electron chi connectivity index (χ2n) is 6.32. The van der Waals surface area contributed by atoms with E-state index in [-0.39, 0.29) is 12.1 Å². The number of carbonyl (C=O) groups excluding carboxylic acids is 1. The van der Waals surface area contributed by atoms with E-state index in [4.69, 9.17) is 9.15 Å². The molecule has 3 rings (SSSR count). The van der Waals surface area contributed by atoms with Gasteiger partial charge in [-0.2, -0.15) is 0 Å². The first-order chi connectivity index (χ1) is 12.7. The molecule has 26 heavy (non-hydrogen) atoms. The van der Waals surface area contributed by atoms with E-state index in [1.54, 1.807) is 6.20 Å². The standard InChI is InChI=1S/C19H26N4O3/c1-15-5-6-18(26-15)17(23-10-12-25-13-11-23)14-22-19(24)21-9-7-16-4-2-3-8-20-16/h2-6,8,17H,7,9-14H2,1H3,(H2,21,22,24). The number of hydrogen-bond acceptors (Lipinski definition) is 5. The number of nitrogens with one attached hydrogen (secondary N) is 2. The molecule has 7 nitrogen and oxygen atoms in total. The summed E-state index contributed by atoms with van der Waals surface area (Å²) < 4.78 is 11.2. The maximum atomic E-state index is 12.1. The van der Waals surface area contributed by atoms with E-state index in [9.17, 15) is 4.79 Å². The Bertz CT molecular complexity index is 683. The predicted octanol–water partition coefficient (Wildman–Crippen LogP) is 1.90. The minimum Gasteiger partial charge on any atom is -0.465 e. The molecule has 7 heteroatoms. The lowest BCUT2D eigenvalue weighted by Gasteiger charge is -2.33. The van der Waals surface area contributed by atoms with Gasteiger partial charge in [-0.15, -0.1) is 0 Å². The molecule has 1 unspecified atom stereocenters. The molecular formula is C19H26N4O3. The number of aryl methyl sites for hydroxylation is 1. The Morgan fingerprint density at radius 1 is 1.23 bits per heavy atom. The van der Waals surface area contributed by atoms with Gasteiger partial charge in [0.2, 0.25) is 0 Å². The Hall–Kier alpha value is -2.38. The first-order valence-corrected chi connectivity index (χ1v) is 9.02. The second-order valence-corrected chi connectivity index (χ2v) is 6.32. The van der Waals surface area contributed by atoms with Crippen LogP contribution in [0.2, 0.25) is 0 Å². The third-order valence-electron chi connectivity index (χ3n) is 4.42. The number of pyridine rings is 1. The predicted molar refractivity (Wildman–Crippen MR) is 97.9 cm³/mol. The number of carbonyl (C=O) groups is 1. The SMILES string of the molecule is Cc1ccc(C(CNC(=O)NCCc2ccccn2)N2CCOCC2)o1. The smallest absolute Gasteiger partial charge is 0.314 e. The van der Waals surface area contributed by atoms with Crippen molar-refractivity contribution < 1.29 is 13.9 Å². The van der Waals surface area contributed by atoms with Crippen LogP contribution in [-0.2, 0) is 11.2 Å². The molecule has 0 saturated carbocycles. The molecule has 1 saturated heterocycles. The van der Waals surface area contributed by atoms with Crippen LogP contribution in [-0.4, -0.2) is 55.3 Å². The zero-order chi connectivity index (χ0) is 18.2. The van der Waals surface area contributed by atoms with Crippen molar-refractivity contribution in [3.8, 4) is 0 Å². The quantitative estimate of drug-likeness (QED) is 0.790. The van der Waals surface area contributed by atoms with E-state index in [2.05, 4.69) is 20.5 Å². The lowest BCUT2D eigenvalue weighted by molar-refractivity contribution is 0.0121. The Kier molecular flexibility index (Phi) is 6.62. The molecule has 2 aromatic heterocycles. The van der Waals surface area contributed by atoms with E-state index in [0.29, 0.717) is 32.7 Å². The number of nitrogens with zero attached hydrogens (tertiary/aromatic N) is 2. The van der Waals surface area contributed by atoms with Crippen molar-refractivity contribution in [2.45, 2.75) is 19.4 Å². The van der Waals surface area contributed by atoms with Crippen LogP contribution in [0, 0.1) is 6.92 Å².